The fourth-order valence-corrected chi connectivity index (χ4v) is 2.43. The first-order valence-corrected chi connectivity index (χ1v) is 7.27. The van der Waals surface area contributed by atoms with Gasteiger partial charge < -0.3 is 9.64 Å². The lowest BCUT2D eigenvalue weighted by Gasteiger charge is -2.21. The topological polar surface area (TPSA) is 79.1 Å². The maximum Gasteiger partial charge on any atom is 0.215 e. The van der Waals surface area contributed by atoms with Gasteiger partial charge in [-0.2, -0.15) is 0 Å². The first-order chi connectivity index (χ1) is 10.8. The predicted molar refractivity (Wildman–Crippen MR) is 82.3 cm³/mol. The Morgan fingerprint density at radius 3 is 2.95 bits per heavy atom. The molecule has 1 fully saturated rings. The molecule has 1 aliphatic rings. The lowest BCUT2D eigenvalue weighted by Crippen LogP contribution is -2.27. The van der Waals surface area contributed by atoms with Crippen LogP contribution < -0.4 is 10.6 Å². The van der Waals surface area contributed by atoms with Crippen LogP contribution in [0.4, 0.5) is 11.6 Å². The fraction of sp³-hybridized carbons (Fsp3) is 0.312. The van der Waals surface area contributed by atoms with E-state index in [1.165, 1.54) is 6.20 Å². The third kappa shape index (κ3) is 3.07. The van der Waals surface area contributed by atoms with E-state index in [-0.39, 0.29) is 17.2 Å². The van der Waals surface area contributed by atoms with Crippen LogP contribution in [0.3, 0.4) is 0 Å². The zero-order valence-corrected chi connectivity index (χ0v) is 12.2. The van der Waals surface area contributed by atoms with Gasteiger partial charge in [-0.05, 0) is 30.7 Å². The molecule has 1 aliphatic heterocycles. The number of nitrogens with one attached hydrogen (secondary N) is 1. The molecule has 2 aromatic rings. The number of carbonyl (C=O) groups is 1. The van der Waals surface area contributed by atoms with Gasteiger partial charge in [0, 0.05) is 25.9 Å². The third-order valence-electron chi connectivity index (χ3n) is 3.57. The number of rotatable bonds is 3. The van der Waals surface area contributed by atoms with Crippen molar-refractivity contribution >= 4 is 17.4 Å². The van der Waals surface area contributed by atoms with Crippen molar-refractivity contribution in [2.45, 2.75) is 6.42 Å². The number of aromatic nitrogens is 2. The molecule has 6 nitrogen and oxygen atoms in total. The summed E-state index contributed by atoms with van der Waals surface area (Å²) in [7, 11) is 0. The maximum atomic E-state index is 12.5. The molecule has 22 heavy (non-hydrogen) atoms. The number of nitrogens with zero attached hydrogens (tertiary/aromatic N) is 3. The van der Waals surface area contributed by atoms with Gasteiger partial charge in [0.05, 0.1) is 12.2 Å². The smallest absolute Gasteiger partial charge is 0.215 e. The average molecular weight is 297 g/mol. The molecule has 0 saturated carbocycles. The van der Waals surface area contributed by atoms with Crippen molar-refractivity contribution in [3.05, 3.63) is 47.8 Å². The predicted octanol–water partition coefficient (Wildman–Crippen LogP) is 1.85. The summed E-state index contributed by atoms with van der Waals surface area (Å²) in [5.74, 6) is 0.473. The van der Waals surface area contributed by atoms with Crippen LogP contribution in [0.5, 0.6) is 0 Å². The highest BCUT2D eigenvalue weighted by Crippen LogP contribution is 2.18. The van der Waals surface area contributed by atoms with Gasteiger partial charge >= 0.3 is 0 Å². The monoisotopic (exact) mass is 297 g/mol. The van der Waals surface area contributed by atoms with Crippen LogP contribution in [-0.2, 0) is 4.74 Å². The van der Waals surface area contributed by atoms with E-state index in [0.29, 0.717) is 12.3 Å². The summed E-state index contributed by atoms with van der Waals surface area (Å²) in [6.45, 7) is 3.05. The van der Waals surface area contributed by atoms with Crippen molar-refractivity contribution in [1.29, 1.82) is 0 Å². The van der Waals surface area contributed by atoms with Gasteiger partial charge in [0.1, 0.15) is 11.5 Å². The van der Waals surface area contributed by atoms with Gasteiger partial charge in [0.15, 0.2) is 5.82 Å². The van der Waals surface area contributed by atoms with E-state index in [4.69, 9.17) is 10.5 Å². The fourth-order valence-electron chi connectivity index (χ4n) is 2.43. The molecule has 6 heteroatoms. The summed E-state index contributed by atoms with van der Waals surface area (Å²) in [5.41, 5.74) is 8.35. The van der Waals surface area contributed by atoms with Crippen LogP contribution in [0.25, 0.3) is 0 Å². The molecule has 0 unspecified atom stereocenters. The van der Waals surface area contributed by atoms with Crippen LogP contribution in [0.15, 0.2) is 36.5 Å². The molecule has 2 aromatic heterocycles. The molecule has 1 N–H and O–H groups in total. The molecule has 0 spiro atoms. The van der Waals surface area contributed by atoms with Crippen LogP contribution in [0.1, 0.15) is 22.5 Å². The molecule has 3 heterocycles. The van der Waals surface area contributed by atoms with Crippen molar-refractivity contribution in [2.75, 3.05) is 31.2 Å². The molecule has 113 valence electrons. The molecule has 1 radical (unpaired) electrons. The minimum Gasteiger partial charge on any atom is -0.380 e. The average Bonchev–Trinajstić information content (AvgIpc) is 2.84. The number of carbonyl (C=O) groups excluding carboxylic acids is 1. The van der Waals surface area contributed by atoms with E-state index < -0.39 is 0 Å². The van der Waals surface area contributed by atoms with Crippen LogP contribution in [-0.4, -0.2) is 42.1 Å². The molecular weight excluding hydrogens is 280 g/mol. The summed E-state index contributed by atoms with van der Waals surface area (Å²) in [6, 6.07) is 8.65. The summed E-state index contributed by atoms with van der Waals surface area (Å²) in [5, 5.41) is 0. The number of ether oxygens (including phenoxy) is 1. The highest BCUT2D eigenvalue weighted by Gasteiger charge is 2.17. The molecule has 1 saturated heterocycles. The van der Waals surface area contributed by atoms with E-state index in [1.54, 1.807) is 18.2 Å². The molecule has 0 atom stereocenters. The van der Waals surface area contributed by atoms with Gasteiger partial charge in [-0.25, -0.2) is 9.97 Å². The first kappa shape index (κ1) is 14.5. The van der Waals surface area contributed by atoms with Gasteiger partial charge in [-0.3, -0.25) is 10.5 Å². The molecule has 3 rings (SSSR count). The van der Waals surface area contributed by atoms with E-state index >= 15 is 0 Å². The highest BCUT2D eigenvalue weighted by molar-refractivity contribution is 6.10. The summed E-state index contributed by atoms with van der Waals surface area (Å²) in [4.78, 5) is 22.9. The Morgan fingerprint density at radius 2 is 2.09 bits per heavy atom. The second-order valence-corrected chi connectivity index (χ2v) is 5.06. The number of ketones is 1. The zero-order chi connectivity index (χ0) is 15.4. The Kier molecular flexibility index (Phi) is 4.29. The number of anilines is 1. The van der Waals surface area contributed by atoms with E-state index in [1.807, 2.05) is 12.1 Å². The first-order valence-electron chi connectivity index (χ1n) is 7.27. The molecule has 0 bridgehead atoms. The normalized spacial score (nSPS) is 15.4. The Hall–Kier alpha value is -2.47. The van der Waals surface area contributed by atoms with Crippen molar-refractivity contribution in [2.24, 2.45) is 0 Å². The van der Waals surface area contributed by atoms with Crippen molar-refractivity contribution < 1.29 is 9.53 Å². The number of hydrogen-bond donors (Lipinski definition) is 0. The second-order valence-electron chi connectivity index (χ2n) is 5.06. The van der Waals surface area contributed by atoms with Crippen LogP contribution in [0.2, 0.25) is 0 Å². The Morgan fingerprint density at radius 1 is 1.18 bits per heavy atom. The summed E-state index contributed by atoms with van der Waals surface area (Å²) in [6.07, 6.45) is 2.44. The largest absolute Gasteiger partial charge is 0.380 e. The second kappa shape index (κ2) is 6.53. The third-order valence-corrected chi connectivity index (χ3v) is 3.57. The molecule has 0 aliphatic carbocycles. The quantitative estimate of drug-likeness (QED) is 0.808. The number of hydrogen-bond acceptors (Lipinski definition) is 5. The van der Waals surface area contributed by atoms with E-state index in [9.17, 15) is 4.79 Å². The molecule has 0 amide bonds. The van der Waals surface area contributed by atoms with E-state index in [0.717, 1.165) is 31.9 Å². The van der Waals surface area contributed by atoms with Crippen LogP contribution in [0, 0.1) is 0 Å². The number of pyridine rings is 2. The van der Waals surface area contributed by atoms with Crippen LogP contribution >= 0.6 is 0 Å². The minimum absolute atomic E-state index is 0.0251. The van der Waals surface area contributed by atoms with Gasteiger partial charge in [-0.15, -0.1) is 0 Å². The van der Waals surface area contributed by atoms with Crippen molar-refractivity contribution in [3.8, 4) is 0 Å². The molecular formula is C16H17N4O2. The van der Waals surface area contributed by atoms with Crippen molar-refractivity contribution in [3.63, 3.8) is 0 Å². The Labute approximate surface area is 128 Å². The minimum atomic E-state index is -0.272. The lowest BCUT2D eigenvalue weighted by molar-refractivity contribution is 0.103. The van der Waals surface area contributed by atoms with Crippen molar-refractivity contribution in [1.82, 2.24) is 15.7 Å². The highest BCUT2D eigenvalue weighted by atomic mass is 16.5. The SMILES string of the molecule is [NH]c1ncccc1C(=O)c1cccc(N2CCCOCC2)n1. The Bertz CT molecular complexity index is 667. The van der Waals surface area contributed by atoms with E-state index in [2.05, 4.69) is 14.9 Å². The Balaban J connectivity index is 1.87. The maximum absolute atomic E-state index is 12.5. The summed E-state index contributed by atoms with van der Waals surface area (Å²) < 4.78 is 5.44. The lowest BCUT2D eigenvalue weighted by atomic mass is 10.1. The zero-order valence-electron chi connectivity index (χ0n) is 12.2. The van der Waals surface area contributed by atoms with Gasteiger partial charge in [0.25, 0.3) is 0 Å². The van der Waals surface area contributed by atoms with Gasteiger partial charge in [-0.1, -0.05) is 6.07 Å². The summed E-state index contributed by atoms with van der Waals surface area (Å²) >= 11 is 0. The molecule has 0 aromatic carbocycles. The standard InChI is InChI=1S/C16H17N4O2/c17-16-12(4-2-7-18-16)15(21)13-5-1-6-14(19-13)20-8-3-10-22-11-9-20/h1-2,4-7,17H,3,8-11H2. The van der Waals surface area contributed by atoms with Gasteiger partial charge in [0.2, 0.25) is 5.78 Å².